The first kappa shape index (κ1) is 12.9. The van der Waals surface area contributed by atoms with Crippen LogP contribution in [0.25, 0.3) is 0 Å². The van der Waals surface area contributed by atoms with Crippen LogP contribution in [0.4, 0.5) is 0 Å². The van der Waals surface area contributed by atoms with Gasteiger partial charge in [0.25, 0.3) is 0 Å². The van der Waals surface area contributed by atoms with E-state index < -0.39 is 5.97 Å². The van der Waals surface area contributed by atoms with Gasteiger partial charge in [0, 0.05) is 5.92 Å². The van der Waals surface area contributed by atoms with E-state index in [1.54, 1.807) is 0 Å². The van der Waals surface area contributed by atoms with Crippen molar-refractivity contribution in [3.63, 3.8) is 0 Å². The number of nitrogens with two attached hydrogens (primary N) is 1. The Hall–Kier alpha value is -1.06. The maximum Gasteiger partial charge on any atom is 0.304 e. The van der Waals surface area contributed by atoms with Crippen LogP contribution in [0.15, 0.2) is 30.3 Å². The summed E-state index contributed by atoms with van der Waals surface area (Å²) >= 11 is 0. The van der Waals surface area contributed by atoms with Crippen molar-refractivity contribution in [2.75, 3.05) is 6.54 Å². The molecule has 0 aliphatic carbocycles. The third-order valence-corrected chi connectivity index (χ3v) is 1.98. The summed E-state index contributed by atoms with van der Waals surface area (Å²) < 4.78 is 0. The molecule has 0 aliphatic rings. The first-order valence-electron chi connectivity index (χ1n) is 4.21. The molecule has 0 saturated carbocycles. The van der Waals surface area contributed by atoms with Crippen molar-refractivity contribution in [3.05, 3.63) is 35.9 Å². The van der Waals surface area contributed by atoms with Crippen molar-refractivity contribution in [1.82, 2.24) is 0 Å². The molecule has 14 heavy (non-hydrogen) atoms. The summed E-state index contributed by atoms with van der Waals surface area (Å²) in [7, 11) is 0. The van der Waals surface area contributed by atoms with Gasteiger partial charge in [-0.05, 0) is 12.1 Å². The highest BCUT2D eigenvalue weighted by atomic mass is 35.5. The Bertz CT molecular complexity index is 277. The van der Waals surface area contributed by atoms with Crippen molar-refractivity contribution in [2.24, 2.45) is 5.73 Å². The first-order chi connectivity index (χ1) is 6.24. The average Bonchev–Trinajstić information content (AvgIpc) is 2.15. The zero-order valence-electron chi connectivity index (χ0n) is 7.72. The van der Waals surface area contributed by atoms with Crippen LogP contribution in [-0.2, 0) is 4.79 Å². The van der Waals surface area contributed by atoms with Crippen LogP contribution in [-0.4, -0.2) is 17.6 Å². The van der Waals surface area contributed by atoms with Crippen molar-refractivity contribution in [1.29, 1.82) is 0 Å². The summed E-state index contributed by atoms with van der Waals surface area (Å²) in [6.07, 6.45) is 0.0977. The molecule has 1 unspecified atom stereocenters. The lowest BCUT2D eigenvalue weighted by Crippen LogP contribution is -2.16. The Balaban J connectivity index is 0.00000169. The molecule has 0 spiro atoms. The van der Waals surface area contributed by atoms with Gasteiger partial charge in [-0.1, -0.05) is 30.3 Å². The van der Waals surface area contributed by atoms with E-state index in [4.69, 9.17) is 10.8 Å². The second-order valence-corrected chi connectivity index (χ2v) is 2.94. The number of carboxylic acid groups (broad SMARTS) is 1. The van der Waals surface area contributed by atoms with E-state index in [9.17, 15) is 4.79 Å². The van der Waals surface area contributed by atoms with Crippen LogP contribution in [0.3, 0.4) is 0 Å². The Morgan fingerprint density at radius 2 is 1.93 bits per heavy atom. The third-order valence-electron chi connectivity index (χ3n) is 1.98. The van der Waals surface area contributed by atoms with E-state index in [1.807, 2.05) is 30.3 Å². The molecule has 0 amide bonds. The highest BCUT2D eigenvalue weighted by molar-refractivity contribution is 5.85. The molecule has 0 radical (unpaired) electrons. The SMILES string of the molecule is Cl.NCC(CC(=O)O)c1ccccc1. The number of halogens is 1. The minimum Gasteiger partial charge on any atom is -0.481 e. The Kier molecular flexibility index (Phi) is 5.92. The maximum absolute atomic E-state index is 10.5. The lowest BCUT2D eigenvalue weighted by Gasteiger charge is -2.11. The lowest BCUT2D eigenvalue weighted by molar-refractivity contribution is -0.137. The van der Waals surface area contributed by atoms with Gasteiger partial charge in [0.1, 0.15) is 0 Å². The summed E-state index contributed by atoms with van der Waals surface area (Å²) in [6, 6.07) is 9.48. The van der Waals surface area contributed by atoms with Crippen LogP contribution in [0, 0.1) is 0 Å². The van der Waals surface area contributed by atoms with Crippen molar-refractivity contribution < 1.29 is 9.90 Å². The van der Waals surface area contributed by atoms with Crippen LogP contribution >= 0.6 is 12.4 Å². The normalized spacial score (nSPS) is 11.5. The van der Waals surface area contributed by atoms with Crippen molar-refractivity contribution in [2.45, 2.75) is 12.3 Å². The fourth-order valence-electron chi connectivity index (χ4n) is 1.27. The predicted octanol–water partition coefficient (Wildman–Crippen LogP) is 1.63. The molecule has 3 N–H and O–H groups in total. The van der Waals surface area contributed by atoms with Crippen LogP contribution in [0.1, 0.15) is 17.9 Å². The van der Waals surface area contributed by atoms with E-state index in [0.717, 1.165) is 5.56 Å². The summed E-state index contributed by atoms with van der Waals surface area (Å²) in [5.41, 5.74) is 6.48. The van der Waals surface area contributed by atoms with Gasteiger partial charge in [-0.2, -0.15) is 0 Å². The van der Waals surface area contributed by atoms with E-state index in [1.165, 1.54) is 0 Å². The maximum atomic E-state index is 10.5. The van der Waals surface area contributed by atoms with E-state index in [2.05, 4.69) is 0 Å². The van der Waals surface area contributed by atoms with Crippen LogP contribution in [0.5, 0.6) is 0 Å². The molecule has 1 atom stereocenters. The molecule has 3 nitrogen and oxygen atoms in total. The second-order valence-electron chi connectivity index (χ2n) is 2.94. The summed E-state index contributed by atoms with van der Waals surface area (Å²) in [4.78, 5) is 10.5. The zero-order valence-corrected chi connectivity index (χ0v) is 8.54. The van der Waals surface area contributed by atoms with Crippen molar-refractivity contribution >= 4 is 18.4 Å². The topological polar surface area (TPSA) is 63.3 Å². The predicted molar refractivity (Wildman–Crippen MR) is 57.7 cm³/mol. The molecule has 78 valence electrons. The Labute approximate surface area is 89.3 Å². The van der Waals surface area contributed by atoms with Crippen LogP contribution in [0.2, 0.25) is 0 Å². The van der Waals surface area contributed by atoms with Gasteiger partial charge in [0.05, 0.1) is 6.42 Å². The van der Waals surface area contributed by atoms with Gasteiger partial charge in [-0.15, -0.1) is 12.4 Å². The summed E-state index contributed by atoms with van der Waals surface area (Å²) in [5.74, 6) is -0.877. The van der Waals surface area contributed by atoms with E-state index in [-0.39, 0.29) is 24.7 Å². The quantitative estimate of drug-likeness (QED) is 0.803. The molecular formula is C10H14ClNO2. The van der Waals surface area contributed by atoms with Gasteiger partial charge in [-0.25, -0.2) is 0 Å². The zero-order chi connectivity index (χ0) is 9.68. The number of carbonyl (C=O) groups is 1. The van der Waals surface area contributed by atoms with E-state index >= 15 is 0 Å². The highest BCUT2D eigenvalue weighted by Crippen LogP contribution is 2.17. The largest absolute Gasteiger partial charge is 0.481 e. The fourth-order valence-corrected chi connectivity index (χ4v) is 1.27. The smallest absolute Gasteiger partial charge is 0.304 e. The molecule has 0 aromatic heterocycles. The van der Waals surface area contributed by atoms with Gasteiger partial charge >= 0.3 is 5.97 Å². The average molecular weight is 216 g/mol. The number of benzene rings is 1. The van der Waals surface area contributed by atoms with Gasteiger partial charge < -0.3 is 10.8 Å². The number of carboxylic acids is 1. The number of aliphatic carboxylic acids is 1. The van der Waals surface area contributed by atoms with Gasteiger partial charge in [-0.3, -0.25) is 4.79 Å². The van der Waals surface area contributed by atoms with Gasteiger partial charge in [0.2, 0.25) is 0 Å². The summed E-state index contributed by atoms with van der Waals surface area (Å²) in [5, 5.41) is 8.62. The molecule has 1 aromatic carbocycles. The minimum absolute atomic E-state index is 0. The lowest BCUT2D eigenvalue weighted by atomic mass is 9.96. The number of hydrogen-bond acceptors (Lipinski definition) is 2. The fraction of sp³-hybridized carbons (Fsp3) is 0.300. The molecule has 0 saturated heterocycles. The van der Waals surface area contributed by atoms with Crippen molar-refractivity contribution in [3.8, 4) is 0 Å². The molecule has 0 bridgehead atoms. The molecule has 0 fully saturated rings. The molecule has 0 heterocycles. The van der Waals surface area contributed by atoms with Crippen LogP contribution < -0.4 is 5.73 Å². The van der Waals surface area contributed by atoms with E-state index in [0.29, 0.717) is 6.54 Å². The highest BCUT2D eigenvalue weighted by Gasteiger charge is 2.12. The summed E-state index contributed by atoms with van der Waals surface area (Å²) in [6.45, 7) is 0.371. The minimum atomic E-state index is -0.806. The Morgan fingerprint density at radius 3 is 2.36 bits per heavy atom. The molecule has 0 aliphatic heterocycles. The molecule has 4 heteroatoms. The monoisotopic (exact) mass is 215 g/mol. The van der Waals surface area contributed by atoms with Gasteiger partial charge in [0.15, 0.2) is 0 Å². The number of hydrogen-bond donors (Lipinski definition) is 2. The second kappa shape index (κ2) is 6.40. The third kappa shape index (κ3) is 3.77. The Morgan fingerprint density at radius 1 is 1.36 bits per heavy atom. The number of rotatable bonds is 4. The molecule has 1 rings (SSSR count). The molecule has 1 aromatic rings. The first-order valence-corrected chi connectivity index (χ1v) is 4.21. The molecular weight excluding hydrogens is 202 g/mol. The standard InChI is InChI=1S/C10H13NO2.ClH/c11-7-9(6-10(12)13)8-4-2-1-3-5-8;/h1-5,9H,6-7,11H2,(H,12,13);1H.